The molecule has 1 rings (SSSR count). The second-order valence-electron chi connectivity index (χ2n) is 3.28. The van der Waals surface area contributed by atoms with Gasteiger partial charge in [-0.05, 0) is 7.05 Å². The SMILES string of the molecule is CNCC(C)C(=O)NCc1cn[nH]c1. The van der Waals surface area contributed by atoms with Gasteiger partial charge in [-0.2, -0.15) is 5.10 Å². The number of aromatic nitrogens is 2. The highest BCUT2D eigenvalue weighted by atomic mass is 16.1. The molecule has 0 aliphatic carbocycles. The van der Waals surface area contributed by atoms with Gasteiger partial charge in [0.15, 0.2) is 0 Å². The molecule has 1 heterocycles. The van der Waals surface area contributed by atoms with Crippen molar-refractivity contribution in [1.29, 1.82) is 0 Å². The number of carbonyl (C=O) groups excluding carboxylic acids is 1. The Morgan fingerprint density at radius 1 is 1.71 bits per heavy atom. The molecule has 0 aliphatic rings. The summed E-state index contributed by atoms with van der Waals surface area (Å²) >= 11 is 0. The molecule has 1 aromatic rings. The number of nitrogens with one attached hydrogen (secondary N) is 3. The van der Waals surface area contributed by atoms with Gasteiger partial charge in [-0.3, -0.25) is 9.89 Å². The summed E-state index contributed by atoms with van der Waals surface area (Å²) in [5.74, 6) is 0.0486. The number of hydrogen-bond donors (Lipinski definition) is 3. The van der Waals surface area contributed by atoms with Crippen molar-refractivity contribution in [2.24, 2.45) is 5.92 Å². The minimum atomic E-state index is -0.00750. The third-order valence-electron chi connectivity index (χ3n) is 1.98. The first kappa shape index (κ1) is 10.7. The van der Waals surface area contributed by atoms with Crippen LogP contribution in [0.5, 0.6) is 0 Å². The van der Waals surface area contributed by atoms with E-state index in [9.17, 15) is 4.79 Å². The van der Waals surface area contributed by atoms with Gasteiger partial charge in [-0.25, -0.2) is 0 Å². The van der Waals surface area contributed by atoms with Crippen LogP contribution in [0.3, 0.4) is 0 Å². The maximum Gasteiger partial charge on any atom is 0.224 e. The molecule has 0 fully saturated rings. The van der Waals surface area contributed by atoms with Crippen molar-refractivity contribution < 1.29 is 4.79 Å². The minimum Gasteiger partial charge on any atom is -0.352 e. The summed E-state index contributed by atoms with van der Waals surface area (Å²) in [6.07, 6.45) is 3.46. The lowest BCUT2D eigenvalue weighted by molar-refractivity contribution is -0.124. The molecule has 0 spiro atoms. The highest BCUT2D eigenvalue weighted by molar-refractivity contribution is 5.78. The van der Waals surface area contributed by atoms with Crippen LogP contribution in [0.4, 0.5) is 0 Å². The molecule has 5 nitrogen and oxygen atoms in total. The van der Waals surface area contributed by atoms with E-state index in [2.05, 4.69) is 20.8 Å². The van der Waals surface area contributed by atoms with Crippen LogP contribution < -0.4 is 10.6 Å². The van der Waals surface area contributed by atoms with Gasteiger partial charge in [-0.15, -0.1) is 0 Å². The van der Waals surface area contributed by atoms with Crippen LogP contribution in [0.15, 0.2) is 12.4 Å². The Morgan fingerprint density at radius 3 is 3.07 bits per heavy atom. The lowest BCUT2D eigenvalue weighted by atomic mass is 10.1. The summed E-state index contributed by atoms with van der Waals surface area (Å²) in [4.78, 5) is 11.4. The molecule has 0 bridgehead atoms. The van der Waals surface area contributed by atoms with E-state index in [-0.39, 0.29) is 11.8 Å². The zero-order chi connectivity index (χ0) is 10.4. The topological polar surface area (TPSA) is 69.8 Å². The van der Waals surface area contributed by atoms with Gasteiger partial charge in [0.2, 0.25) is 5.91 Å². The normalized spacial score (nSPS) is 12.4. The number of aromatic amines is 1. The Kier molecular flexibility index (Phi) is 4.12. The van der Waals surface area contributed by atoms with E-state index in [0.29, 0.717) is 13.1 Å². The first-order valence-electron chi connectivity index (χ1n) is 4.64. The average Bonchev–Trinajstić information content (AvgIpc) is 2.67. The summed E-state index contributed by atoms with van der Waals surface area (Å²) in [6, 6.07) is 0. The number of hydrogen-bond acceptors (Lipinski definition) is 3. The first-order chi connectivity index (χ1) is 6.74. The molecule has 5 heteroatoms. The molecule has 78 valence electrons. The predicted molar refractivity (Wildman–Crippen MR) is 53.5 cm³/mol. The second kappa shape index (κ2) is 5.39. The van der Waals surface area contributed by atoms with Gasteiger partial charge in [0.25, 0.3) is 0 Å². The number of rotatable bonds is 5. The number of amides is 1. The molecule has 3 N–H and O–H groups in total. The maximum absolute atomic E-state index is 11.4. The van der Waals surface area contributed by atoms with E-state index in [1.165, 1.54) is 0 Å². The zero-order valence-electron chi connectivity index (χ0n) is 8.50. The van der Waals surface area contributed by atoms with Gasteiger partial charge in [0.1, 0.15) is 0 Å². The van der Waals surface area contributed by atoms with Crippen LogP contribution in [0, 0.1) is 5.92 Å². The standard InChI is InChI=1S/C9H16N4O/c1-7(3-10-2)9(14)11-4-8-5-12-13-6-8/h5-7,10H,3-4H2,1-2H3,(H,11,14)(H,12,13). The third-order valence-corrected chi connectivity index (χ3v) is 1.98. The zero-order valence-corrected chi connectivity index (χ0v) is 8.50. The van der Waals surface area contributed by atoms with Gasteiger partial charge >= 0.3 is 0 Å². The van der Waals surface area contributed by atoms with Crippen molar-refractivity contribution in [3.05, 3.63) is 18.0 Å². The highest BCUT2D eigenvalue weighted by Crippen LogP contribution is 1.96. The van der Waals surface area contributed by atoms with E-state index in [1.807, 2.05) is 14.0 Å². The Bertz CT molecular complexity index is 270. The molecule has 0 radical (unpaired) electrons. The van der Waals surface area contributed by atoms with E-state index in [0.717, 1.165) is 5.56 Å². The number of nitrogens with zero attached hydrogens (tertiary/aromatic N) is 1. The summed E-state index contributed by atoms with van der Waals surface area (Å²) in [5.41, 5.74) is 0.981. The predicted octanol–water partition coefficient (Wildman–Crippen LogP) is -0.119. The third kappa shape index (κ3) is 3.18. The highest BCUT2D eigenvalue weighted by Gasteiger charge is 2.10. The summed E-state index contributed by atoms with van der Waals surface area (Å²) in [5, 5.41) is 12.3. The average molecular weight is 196 g/mol. The second-order valence-corrected chi connectivity index (χ2v) is 3.28. The largest absolute Gasteiger partial charge is 0.352 e. The van der Waals surface area contributed by atoms with Gasteiger partial charge < -0.3 is 10.6 Å². The molecule has 14 heavy (non-hydrogen) atoms. The van der Waals surface area contributed by atoms with Crippen LogP contribution >= 0.6 is 0 Å². The van der Waals surface area contributed by atoms with E-state index in [4.69, 9.17) is 0 Å². The number of carbonyl (C=O) groups is 1. The summed E-state index contributed by atoms with van der Waals surface area (Å²) < 4.78 is 0. The lowest BCUT2D eigenvalue weighted by Crippen LogP contribution is -2.33. The molecule has 0 aliphatic heterocycles. The molecule has 0 saturated heterocycles. The molecular weight excluding hydrogens is 180 g/mol. The fourth-order valence-corrected chi connectivity index (χ4v) is 1.14. The molecule has 1 atom stereocenters. The molecule has 0 aromatic carbocycles. The summed E-state index contributed by atoms with van der Waals surface area (Å²) in [6.45, 7) is 3.11. The smallest absolute Gasteiger partial charge is 0.224 e. The van der Waals surface area contributed by atoms with Gasteiger partial charge in [-0.1, -0.05) is 6.92 Å². The van der Waals surface area contributed by atoms with Crippen LogP contribution in [0.2, 0.25) is 0 Å². The van der Waals surface area contributed by atoms with Crippen LogP contribution in [-0.4, -0.2) is 29.7 Å². The Balaban J connectivity index is 2.27. The number of H-pyrrole nitrogens is 1. The fraction of sp³-hybridized carbons (Fsp3) is 0.556. The van der Waals surface area contributed by atoms with Gasteiger partial charge in [0, 0.05) is 30.8 Å². The molecular formula is C9H16N4O. The maximum atomic E-state index is 11.4. The van der Waals surface area contributed by atoms with Crippen LogP contribution in [0.25, 0.3) is 0 Å². The molecule has 1 unspecified atom stereocenters. The van der Waals surface area contributed by atoms with Crippen molar-refractivity contribution >= 4 is 5.91 Å². The Labute approximate surface area is 83.3 Å². The first-order valence-corrected chi connectivity index (χ1v) is 4.64. The fourth-order valence-electron chi connectivity index (χ4n) is 1.14. The van der Waals surface area contributed by atoms with Gasteiger partial charge in [0.05, 0.1) is 6.20 Å². The van der Waals surface area contributed by atoms with E-state index >= 15 is 0 Å². The molecule has 1 amide bonds. The molecule has 1 aromatic heterocycles. The van der Waals surface area contributed by atoms with E-state index < -0.39 is 0 Å². The van der Waals surface area contributed by atoms with E-state index in [1.54, 1.807) is 12.4 Å². The van der Waals surface area contributed by atoms with Crippen LogP contribution in [-0.2, 0) is 11.3 Å². The Hall–Kier alpha value is -1.36. The molecule has 0 saturated carbocycles. The quantitative estimate of drug-likeness (QED) is 0.615. The van der Waals surface area contributed by atoms with Crippen molar-refractivity contribution in [1.82, 2.24) is 20.8 Å². The van der Waals surface area contributed by atoms with Crippen LogP contribution in [0.1, 0.15) is 12.5 Å². The van der Waals surface area contributed by atoms with Crippen molar-refractivity contribution in [2.45, 2.75) is 13.5 Å². The Morgan fingerprint density at radius 2 is 2.50 bits per heavy atom. The summed E-state index contributed by atoms with van der Waals surface area (Å²) in [7, 11) is 1.83. The van der Waals surface area contributed by atoms with Crippen molar-refractivity contribution in [3.63, 3.8) is 0 Å². The monoisotopic (exact) mass is 196 g/mol. The lowest BCUT2D eigenvalue weighted by Gasteiger charge is -2.10. The van der Waals surface area contributed by atoms with Crippen molar-refractivity contribution in [3.8, 4) is 0 Å². The van der Waals surface area contributed by atoms with Crippen molar-refractivity contribution in [2.75, 3.05) is 13.6 Å². The minimum absolute atomic E-state index is 0.00750.